The van der Waals surface area contributed by atoms with E-state index < -0.39 is 0 Å². The van der Waals surface area contributed by atoms with E-state index in [0.29, 0.717) is 18.9 Å². The summed E-state index contributed by atoms with van der Waals surface area (Å²) in [6.45, 7) is 3.10. The number of rotatable bonds is 7. The Morgan fingerprint density at radius 1 is 1.14 bits per heavy atom. The van der Waals surface area contributed by atoms with Gasteiger partial charge in [-0.2, -0.15) is 5.10 Å². The van der Waals surface area contributed by atoms with E-state index in [9.17, 15) is 0 Å². The molecule has 0 unspecified atom stereocenters. The number of nitrogens with zero attached hydrogens (tertiary/aromatic N) is 6. The fourth-order valence-corrected chi connectivity index (χ4v) is 3.62. The first-order chi connectivity index (χ1) is 13.7. The number of benzene rings is 1. The van der Waals surface area contributed by atoms with E-state index in [1.54, 1.807) is 34.0 Å². The van der Waals surface area contributed by atoms with Crippen molar-refractivity contribution >= 4 is 11.3 Å². The van der Waals surface area contributed by atoms with Crippen LogP contribution in [0.5, 0.6) is 11.5 Å². The molecule has 0 spiro atoms. The molecule has 0 aliphatic heterocycles. The third-order valence-electron chi connectivity index (χ3n) is 4.13. The summed E-state index contributed by atoms with van der Waals surface area (Å²) in [5.74, 6) is 1.43. The van der Waals surface area contributed by atoms with Crippen molar-refractivity contribution in [2.75, 3.05) is 13.7 Å². The maximum Gasteiger partial charge on any atom is 0.161 e. The van der Waals surface area contributed by atoms with Gasteiger partial charge in [-0.1, -0.05) is 5.21 Å². The van der Waals surface area contributed by atoms with Gasteiger partial charge >= 0.3 is 0 Å². The Bertz CT molecular complexity index is 1080. The SMILES string of the molecule is CCOc1ccc(-c2nc(Cn3cc(-c4cnn(C)c4)nn3)cs2)cc1OC. The van der Waals surface area contributed by atoms with E-state index in [2.05, 4.69) is 15.4 Å². The van der Waals surface area contributed by atoms with Gasteiger partial charge in [0, 0.05) is 29.8 Å². The molecule has 0 saturated carbocycles. The first-order valence-electron chi connectivity index (χ1n) is 8.81. The highest BCUT2D eigenvalue weighted by Crippen LogP contribution is 2.33. The summed E-state index contributed by atoms with van der Waals surface area (Å²) in [5, 5.41) is 15.5. The minimum atomic E-state index is 0.553. The molecule has 9 heteroatoms. The molecule has 0 fully saturated rings. The molecule has 4 aromatic rings. The summed E-state index contributed by atoms with van der Waals surface area (Å²) in [6, 6.07) is 5.85. The highest BCUT2D eigenvalue weighted by atomic mass is 32.1. The molecule has 0 N–H and O–H groups in total. The molecule has 0 aliphatic rings. The van der Waals surface area contributed by atoms with E-state index in [-0.39, 0.29) is 0 Å². The number of hydrogen-bond donors (Lipinski definition) is 0. The monoisotopic (exact) mass is 396 g/mol. The zero-order chi connectivity index (χ0) is 19.5. The van der Waals surface area contributed by atoms with E-state index in [0.717, 1.165) is 33.3 Å². The van der Waals surface area contributed by atoms with Crippen molar-refractivity contribution in [3.05, 3.63) is 47.9 Å². The summed E-state index contributed by atoms with van der Waals surface area (Å²) in [6.07, 6.45) is 5.58. The van der Waals surface area contributed by atoms with Crippen LogP contribution in [-0.2, 0) is 13.6 Å². The number of ether oxygens (including phenoxy) is 2. The van der Waals surface area contributed by atoms with E-state index in [1.165, 1.54) is 0 Å². The second-order valence-electron chi connectivity index (χ2n) is 6.15. The number of hydrogen-bond acceptors (Lipinski definition) is 7. The van der Waals surface area contributed by atoms with Crippen molar-refractivity contribution in [1.82, 2.24) is 29.8 Å². The molecule has 0 saturated heterocycles. The zero-order valence-electron chi connectivity index (χ0n) is 15.9. The molecule has 144 valence electrons. The van der Waals surface area contributed by atoms with Crippen LogP contribution in [0.4, 0.5) is 0 Å². The fraction of sp³-hybridized carbons (Fsp3) is 0.263. The number of aryl methyl sites for hydroxylation is 1. The first-order valence-corrected chi connectivity index (χ1v) is 9.69. The van der Waals surface area contributed by atoms with Crippen LogP contribution in [0.25, 0.3) is 21.8 Å². The summed E-state index contributed by atoms with van der Waals surface area (Å²) >= 11 is 1.58. The van der Waals surface area contributed by atoms with Crippen molar-refractivity contribution < 1.29 is 9.47 Å². The molecule has 0 aliphatic carbocycles. The lowest BCUT2D eigenvalue weighted by Crippen LogP contribution is -2.00. The second-order valence-corrected chi connectivity index (χ2v) is 7.00. The minimum absolute atomic E-state index is 0.553. The molecule has 0 atom stereocenters. The van der Waals surface area contributed by atoms with Crippen LogP contribution < -0.4 is 9.47 Å². The number of thiazole rings is 1. The van der Waals surface area contributed by atoms with Gasteiger partial charge in [-0.05, 0) is 25.1 Å². The quantitative estimate of drug-likeness (QED) is 0.477. The van der Waals surface area contributed by atoms with Gasteiger partial charge in [0.2, 0.25) is 0 Å². The van der Waals surface area contributed by atoms with Crippen LogP contribution in [0.15, 0.2) is 42.2 Å². The van der Waals surface area contributed by atoms with Gasteiger partial charge in [-0.15, -0.1) is 16.4 Å². The maximum atomic E-state index is 5.58. The van der Waals surface area contributed by atoms with E-state index in [1.807, 2.05) is 49.9 Å². The third kappa shape index (κ3) is 3.74. The topological polar surface area (TPSA) is 79.9 Å². The fourth-order valence-electron chi connectivity index (χ4n) is 2.81. The number of aromatic nitrogens is 6. The van der Waals surface area contributed by atoms with Gasteiger partial charge in [-0.3, -0.25) is 4.68 Å². The average molecular weight is 396 g/mol. The van der Waals surface area contributed by atoms with Gasteiger partial charge in [0.1, 0.15) is 10.7 Å². The van der Waals surface area contributed by atoms with Gasteiger partial charge < -0.3 is 9.47 Å². The highest BCUT2D eigenvalue weighted by Gasteiger charge is 2.11. The lowest BCUT2D eigenvalue weighted by Gasteiger charge is -2.09. The van der Waals surface area contributed by atoms with Crippen LogP contribution in [0, 0.1) is 0 Å². The zero-order valence-corrected chi connectivity index (χ0v) is 16.7. The van der Waals surface area contributed by atoms with Crippen LogP contribution in [0.2, 0.25) is 0 Å². The molecule has 3 heterocycles. The molecule has 4 rings (SSSR count). The van der Waals surface area contributed by atoms with Crippen molar-refractivity contribution in [2.24, 2.45) is 7.05 Å². The van der Waals surface area contributed by atoms with Gasteiger partial charge in [-0.25, -0.2) is 9.67 Å². The van der Waals surface area contributed by atoms with Crippen LogP contribution in [-0.4, -0.2) is 43.5 Å². The second kappa shape index (κ2) is 7.81. The Kier molecular flexibility index (Phi) is 5.07. The molecule has 1 aromatic carbocycles. The van der Waals surface area contributed by atoms with Crippen LogP contribution >= 0.6 is 11.3 Å². The lowest BCUT2D eigenvalue weighted by molar-refractivity contribution is 0.311. The Morgan fingerprint density at radius 2 is 2.04 bits per heavy atom. The minimum Gasteiger partial charge on any atom is -0.493 e. The predicted molar refractivity (Wildman–Crippen MR) is 107 cm³/mol. The lowest BCUT2D eigenvalue weighted by atomic mass is 10.2. The summed E-state index contributed by atoms with van der Waals surface area (Å²) < 4.78 is 14.5. The summed E-state index contributed by atoms with van der Waals surface area (Å²) in [7, 11) is 3.51. The molecule has 8 nitrogen and oxygen atoms in total. The van der Waals surface area contributed by atoms with Crippen molar-refractivity contribution in [3.8, 4) is 33.3 Å². The largest absolute Gasteiger partial charge is 0.493 e. The Morgan fingerprint density at radius 3 is 2.79 bits per heavy atom. The Balaban J connectivity index is 1.51. The Labute approximate surface area is 166 Å². The van der Waals surface area contributed by atoms with Gasteiger partial charge in [0.25, 0.3) is 0 Å². The first kappa shape index (κ1) is 18.2. The van der Waals surface area contributed by atoms with Crippen molar-refractivity contribution in [1.29, 1.82) is 0 Å². The molecule has 3 aromatic heterocycles. The van der Waals surface area contributed by atoms with Crippen LogP contribution in [0.1, 0.15) is 12.6 Å². The standard InChI is InChI=1S/C19H20N6O2S/c1-4-27-17-6-5-13(7-18(17)26-3)19-21-15(12-28-19)10-25-11-16(22-23-25)14-8-20-24(2)9-14/h5-9,11-12H,4,10H2,1-3H3. The van der Waals surface area contributed by atoms with E-state index >= 15 is 0 Å². The smallest absolute Gasteiger partial charge is 0.161 e. The molecular formula is C19H20N6O2S. The van der Waals surface area contributed by atoms with E-state index in [4.69, 9.17) is 14.5 Å². The third-order valence-corrected chi connectivity index (χ3v) is 5.07. The normalized spacial score (nSPS) is 11.0. The highest BCUT2D eigenvalue weighted by molar-refractivity contribution is 7.13. The summed E-state index contributed by atoms with van der Waals surface area (Å²) in [4.78, 5) is 4.73. The molecule has 0 amide bonds. The van der Waals surface area contributed by atoms with Gasteiger partial charge in [0.05, 0.1) is 38.3 Å². The predicted octanol–water partition coefficient (Wildman–Crippen LogP) is 3.26. The Hall–Kier alpha value is -3.20. The van der Waals surface area contributed by atoms with Crippen LogP contribution in [0.3, 0.4) is 0 Å². The average Bonchev–Trinajstić information content (AvgIpc) is 3.44. The molecular weight excluding hydrogens is 376 g/mol. The maximum absolute atomic E-state index is 5.58. The van der Waals surface area contributed by atoms with Gasteiger partial charge in [0.15, 0.2) is 11.5 Å². The van der Waals surface area contributed by atoms with Crippen molar-refractivity contribution in [2.45, 2.75) is 13.5 Å². The van der Waals surface area contributed by atoms with Crippen molar-refractivity contribution in [3.63, 3.8) is 0 Å². The molecule has 28 heavy (non-hydrogen) atoms. The number of methoxy groups -OCH3 is 1. The molecule has 0 radical (unpaired) electrons. The molecule has 0 bridgehead atoms. The summed E-state index contributed by atoms with van der Waals surface area (Å²) in [5.41, 5.74) is 3.65.